The van der Waals surface area contributed by atoms with E-state index in [4.69, 9.17) is 30.9 Å². The number of rotatable bonds is 5. The SMILES string of the molecule is [2H]C([2H])([2H])Oc1nc(Cl)c2ncnc(N)c2c1OC(C)c1ncn(C(F)F)n1. The third-order valence-electron chi connectivity index (χ3n) is 3.17. The van der Waals surface area contributed by atoms with Crippen LogP contribution in [0.5, 0.6) is 11.6 Å². The number of nitrogens with zero attached hydrogens (tertiary/aromatic N) is 6. The molecule has 1 unspecified atom stereocenters. The fraction of sp³-hybridized carbons (Fsp3) is 0.308. The quantitative estimate of drug-likeness (QED) is 0.677. The average molecular weight is 375 g/mol. The van der Waals surface area contributed by atoms with E-state index in [1.807, 2.05) is 0 Å². The minimum Gasteiger partial charge on any atom is -0.478 e. The van der Waals surface area contributed by atoms with Gasteiger partial charge in [-0.1, -0.05) is 11.6 Å². The van der Waals surface area contributed by atoms with Crippen LogP contribution in [0, 0.1) is 0 Å². The number of ether oxygens (including phenoxy) is 2. The van der Waals surface area contributed by atoms with Gasteiger partial charge in [-0.15, -0.1) is 5.10 Å². The maximum atomic E-state index is 12.7. The summed E-state index contributed by atoms with van der Waals surface area (Å²) >= 11 is 6.04. The molecule has 12 heteroatoms. The van der Waals surface area contributed by atoms with Gasteiger partial charge in [0.1, 0.15) is 24.0 Å². The standard InChI is InChI=1S/C13H12ClF2N7O2/c1-5(11-20-4-23(22-11)13(15)16)25-8-6-7(18-3-19-10(6)17)9(14)21-12(8)24-2/h3-5,13H,1-2H3,(H2,17,18,19)/i2D3. The largest absolute Gasteiger partial charge is 0.478 e. The van der Waals surface area contributed by atoms with Crippen molar-refractivity contribution in [1.82, 2.24) is 29.7 Å². The summed E-state index contributed by atoms with van der Waals surface area (Å²) < 4.78 is 58.2. The molecule has 1 atom stereocenters. The minimum absolute atomic E-state index is 0.0434. The van der Waals surface area contributed by atoms with Gasteiger partial charge in [-0.2, -0.15) is 18.4 Å². The average Bonchev–Trinajstić information content (AvgIpc) is 3.07. The summed E-state index contributed by atoms with van der Waals surface area (Å²) in [5, 5.41) is 3.45. The molecule has 0 saturated carbocycles. The van der Waals surface area contributed by atoms with E-state index in [0.717, 1.165) is 12.7 Å². The van der Waals surface area contributed by atoms with Gasteiger partial charge >= 0.3 is 6.55 Å². The van der Waals surface area contributed by atoms with Crippen LogP contribution in [-0.2, 0) is 0 Å². The van der Waals surface area contributed by atoms with Crippen molar-refractivity contribution in [2.45, 2.75) is 19.6 Å². The van der Waals surface area contributed by atoms with E-state index in [1.165, 1.54) is 6.92 Å². The van der Waals surface area contributed by atoms with Gasteiger partial charge in [0.15, 0.2) is 22.8 Å². The molecule has 2 N–H and O–H groups in total. The predicted molar refractivity (Wildman–Crippen MR) is 83.6 cm³/mol. The van der Waals surface area contributed by atoms with Gasteiger partial charge < -0.3 is 15.2 Å². The van der Waals surface area contributed by atoms with Gasteiger partial charge in [0.25, 0.3) is 5.88 Å². The van der Waals surface area contributed by atoms with E-state index in [9.17, 15) is 8.78 Å². The minimum atomic E-state index is -2.88. The zero-order valence-corrected chi connectivity index (χ0v) is 13.3. The molecule has 0 aromatic carbocycles. The molecule has 0 bridgehead atoms. The van der Waals surface area contributed by atoms with Gasteiger partial charge in [0.05, 0.1) is 16.5 Å². The van der Waals surface area contributed by atoms with Crippen molar-refractivity contribution in [2.75, 3.05) is 12.8 Å². The first-order chi connectivity index (χ1) is 13.1. The Hall–Kier alpha value is -2.82. The molecule has 0 fully saturated rings. The number of fused-ring (bicyclic) bond motifs is 1. The fourth-order valence-electron chi connectivity index (χ4n) is 2.06. The molecule has 0 amide bonds. The molecule has 0 saturated heterocycles. The number of nitrogen functional groups attached to an aromatic ring is 1. The Morgan fingerprint density at radius 1 is 1.36 bits per heavy atom. The van der Waals surface area contributed by atoms with E-state index >= 15 is 0 Å². The van der Waals surface area contributed by atoms with Crippen LogP contribution in [0.25, 0.3) is 10.9 Å². The molecule has 0 aliphatic heterocycles. The molecular weight excluding hydrogens is 360 g/mol. The van der Waals surface area contributed by atoms with Crippen LogP contribution in [0.2, 0.25) is 5.15 Å². The van der Waals surface area contributed by atoms with E-state index in [-0.39, 0.29) is 33.4 Å². The molecular formula is C13H12ClF2N7O2. The number of anilines is 1. The lowest BCUT2D eigenvalue weighted by atomic mass is 10.2. The Balaban J connectivity index is 2.11. The highest BCUT2D eigenvalue weighted by Crippen LogP contribution is 2.40. The fourth-order valence-corrected chi connectivity index (χ4v) is 2.28. The maximum absolute atomic E-state index is 12.7. The zero-order valence-electron chi connectivity index (χ0n) is 15.5. The molecule has 0 radical (unpaired) electrons. The molecule has 0 aliphatic rings. The molecule has 3 rings (SSSR count). The summed E-state index contributed by atoms with van der Waals surface area (Å²) in [5.41, 5.74) is 5.95. The molecule has 3 aromatic rings. The first-order valence-corrected chi connectivity index (χ1v) is 7.09. The molecule has 132 valence electrons. The second-order valence-corrected chi connectivity index (χ2v) is 5.10. The van der Waals surface area contributed by atoms with Gasteiger partial charge in [0.2, 0.25) is 0 Å². The third-order valence-corrected chi connectivity index (χ3v) is 3.44. The van der Waals surface area contributed by atoms with Gasteiger partial charge in [0, 0.05) is 0 Å². The second kappa shape index (κ2) is 6.59. The summed E-state index contributed by atoms with van der Waals surface area (Å²) in [6.07, 6.45) is 0.953. The van der Waals surface area contributed by atoms with Crippen LogP contribution in [0.1, 0.15) is 29.5 Å². The van der Waals surface area contributed by atoms with Gasteiger partial charge in [-0.05, 0) is 6.92 Å². The van der Waals surface area contributed by atoms with Crippen LogP contribution in [0.3, 0.4) is 0 Å². The molecule has 3 heterocycles. The Morgan fingerprint density at radius 2 is 2.16 bits per heavy atom. The van der Waals surface area contributed by atoms with Crippen LogP contribution in [0.15, 0.2) is 12.7 Å². The molecule has 25 heavy (non-hydrogen) atoms. The lowest BCUT2D eigenvalue weighted by Crippen LogP contribution is -2.10. The lowest BCUT2D eigenvalue weighted by Gasteiger charge is -2.17. The molecule has 0 aliphatic carbocycles. The number of hydrogen-bond donors (Lipinski definition) is 1. The van der Waals surface area contributed by atoms with Crippen molar-refractivity contribution >= 4 is 28.3 Å². The highest BCUT2D eigenvalue weighted by molar-refractivity contribution is 6.34. The first kappa shape index (κ1) is 13.5. The van der Waals surface area contributed by atoms with E-state index < -0.39 is 25.6 Å². The Labute approximate surface area is 149 Å². The summed E-state index contributed by atoms with van der Waals surface area (Å²) in [5.74, 6) is -0.926. The maximum Gasteiger partial charge on any atom is 0.334 e. The first-order valence-electron chi connectivity index (χ1n) is 8.21. The number of halogens is 3. The Morgan fingerprint density at radius 3 is 2.84 bits per heavy atom. The van der Waals surface area contributed by atoms with Crippen LogP contribution in [0.4, 0.5) is 14.6 Å². The van der Waals surface area contributed by atoms with Gasteiger partial charge in [-0.25, -0.2) is 15.0 Å². The van der Waals surface area contributed by atoms with Crippen LogP contribution < -0.4 is 15.2 Å². The highest BCUT2D eigenvalue weighted by atomic mass is 35.5. The number of alkyl halides is 2. The Bertz CT molecular complexity index is 1020. The van der Waals surface area contributed by atoms with Crippen molar-refractivity contribution in [3.8, 4) is 11.6 Å². The third kappa shape index (κ3) is 3.09. The summed E-state index contributed by atoms with van der Waals surface area (Å²) in [7, 11) is -2.88. The number of nitrogens with two attached hydrogens (primary N) is 1. The monoisotopic (exact) mass is 374 g/mol. The van der Waals surface area contributed by atoms with E-state index in [0.29, 0.717) is 4.68 Å². The predicted octanol–water partition coefficient (Wildman–Crippen LogP) is 2.40. The number of methoxy groups -OCH3 is 1. The number of pyridine rings is 1. The Kier molecular flexibility index (Phi) is 3.55. The number of hydrogen-bond acceptors (Lipinski definition) is 8. The van der Waals surface area contributed by atoms with Crippen LogP contribution >= 0.6 is 11.6 Å². The lowest BCUT2D eigenvalue weighted by molar-refractivity contribution is 0.0550. The zero-order chi connectivity index (χ0) is 20.6. The van der Waals surface area contributed by atoms with Crippen molar-refractivity contribution in [2.24, 2.45) is 0 Å². The van der Waals surface area contributed by atoms with Crippen LogP contribution in [-0.4, -0.2) is 36.8 Å². The highest BCUT2D eigenvalue weighted by Gasteiger charge is 2.23. The topological polar surface area (TPSA) is 114 Å². The smallest absolute Gasteiger partial charge is 0.334 e. The van der Waals surface area contributed by atoms with Crippen molar-refractivity contribution in [3.63, 3.8) is 0 Å². The van der Waals surface area contributed by atoms with Crippen molar-refractivity contribution < 1.29 is 22.4 Å². The molecule has 9 nitrogen and oxygen atoms in total. The second-order valence-electron chi connectivity index (χ2n) is 4.74. The summed E-state index contributed by atoms with van der Waals surface area (Å²) in [6.45, 7) is -1.44. The number of aromatic nitrogens is 6. The van der Waals surface area contributed by atoms with Crippen molar-refractivity contribution in [3.05, 3.63) is 23.6 Å². The van der Waals surface area contributed by atoms with E-state index in [1.54, 1.807) is 0 Å². The normalized spacial score (nSPS) is 14.8. The van der Waals surface area contributed by atoms with Crippen molar-refractivity contribution in [1.29, 1.82) is 0 Å². The van der Waals surface area contributed by atoms with E-state index in [2.05, 4.69) is 25.0 Å². The molecule has 3 aromatic heterocycles. The summed E-state index contributed by atoms with van der Waals surface area (Å²) in [6, 6.07) is 0. The van der Waals surface area contributed by atoms with Gasteiger partial charge in [-0.3, -0.25) is 0 Å². The summed E-state index contributed by atoms with van der Waals surface area (Å²) in [4.78, 5) is 15.4. The molecule has 0 spiro atoms.